The minimum Gasteiger partial charge on any atom is -0.488 e. The molecule has 1 atom stereocenters. The number of halogens is 2. The van der Waals surface area contributed by atoms with Gasteiger partial charge in [-0.1, -0.05) is 19.9 Å². The van der Waals surface area contributed by atoms with Crippen LogP contribution < -0.4 is 10.1 Å². The summed E-state index contributed by atoms with van der Waals surface area (Å²) >= 11 is 0. The number of ether oxygens (including phenoxy) is 1. The van der Waals surface area contributed by atoms with E-state index in [1.807, 2.05) is 6.92 Å². The molecule has 0 aromatic heterocycles. The molecule has 0 amide bonds. The third-order valence-electron chi connectivity index (χ3n) is 2.76. The molecule has 2 nitrogen and oxygen atoms in total. The van der Waals surface area contributed by atoms with Gasteiger partial charge >= 0.3 is 0 Å². The van der Waals surface area contributed by atoms with Crippen molar-refractivity contribution in [2.45, 2.75) is 39.7 Å². The number of nitrogens with one attached hydrogen (secondary N) is 1. The average Bonchev–Trinajstić information content (AvgIpc) is 2.34. The highest BCUT2D eigenvalue weighted by atomic mass is 19.2. The molecule has 19 heavy (non-hydrogen) atoms. The zero-order chi connectivity index (χ0) is 14.3. The van der Waals surface area contributed by atoms with Crippen LogP contribution in [0.5, 0.6) is 5.75 Å². The first-order valence-electron chi connectivity index (χ1n) is 6.82. The van der Waals surface area contributed by atoms with Crippen LogP contribution in [-0.4, -0.2) is 19.2 Å². The molecule has 0 saturated heterocycles. The van der Waals surface area contributed by atoms with Crippen LogP contribution in [0.25, 0.3) is 0 Å². The maximum absolute atomic E-state index is 13.4. The molecule has 0 bridgehead atoms. The normalized spacial score (nSPS) is 12.7. The van der Waals surface area contributed by atoms with Gasteiger partial charge in [-0.15, -0.1) is 0 Å². The molecule has 0 radical (unpaired) electrons. The van der Waals surface area contributed by atoms with Gasteiger partial charge in [0.25, 0.3) is 0 Å². The van der Waals surface area contributed by atoms with E-state index >= 15 is 0 Å². The fourth-order valence-corrected chi connectivity index (χ4v) is 1.76. The number of rotatable bonds is 8. The summed E-state index contributed by atoms with van der Waals surface area (Å²) in [7, 11) is 0. The maximum atomic E-state index is 13.4. The van der Waals surface area contributed by atoms with Crippen LogP contribution in [-0.2, 0) is 0 Å². The third-order valence-corrected chi connectivity index (χ3v) is 2.76. The molecule has 4 heteroatoms. The Morgan fingerprint density at radius 2 is 1.95 bits per heavy atom. The molecule has 0 heterocycles. The van der Waals surface area contributed by atoms with Gasteiger partial charge in [0.15, 0.2) is 11.6 Å². The maximum Gasteiger partial charge on any atom is 0.200 e. The quantitative estimate of drug-likeness (QED) is 0.727. The Kier molecular flexibility index (Phi) is 6.78. The Morgan fingerprint density at radius 3 is 2.63 bits per heavy atom. The van der Waals surface area contributed by atoms with Crippen LogP contribution in [0.15, 0.2) is 18.2 Å². The molecule has 1 N–H and O–H groups in total. The molecule has 0 fully saturated rings. The standard InChI is InChI=1S/C15H23F2NO/c1-11(2)10-18-9-5-6-12(3)19-14-8-4-7-13(16)15(14)17/h4,7-8,11-12,18H,5-6,9-10H2,1-3H3. The molecule has 108 valence electrons. The van der Waals surface area contributed by atoms with E-state index < -0.39 is 11.6 Å². The molecular weight excluding hydrogens is 248 g/mol. The van der Waals surface area contributed by atoms with Gasteiger partial charge in [0.2, 0.25) is 5.82 Å². The van der Waals surface area contributed by atoms with Crippen LogP contribution in [0.1, 0.15) is 33.6 Å². The van der Waals surface area contributed by atoms with Crippen molar-refractivity contribution < 1.29 is 13.5 Å². The highest BCUT2D eigenvalue weighted by Crippen LogP contribution is 2.21. The van der Waals surface area contributed by atoms with Crippen molar-refractivity contribution in [1.29, 1.82) is 0 Å². The minimum atomic E-state index is -0.910. The summed E-state index contributed by atoms with van der Waals surface area (Å²) < 4.78 is 31.8. The van der Waals surface area contributed by atoms with E-state index in [0.717, 1.165) is 32.0 Å². The van der Waals surface area contributed by atoms with Gasteiger partial charge in [-0.2, -0.15) is 4.39 Å². The molecule has 0 aliphatic rings. The highest BCUT2D eigenvalue weighted by molar-refractivity contribution is 5.25. The van der Waals surface area contributed by atoms with E-state index in [2.05, 4.69) is 19.2 Å². The Balaban J connectivity index is 2.27. The Morgan fingerprint density at radius 1 is 1.21 bits per heavy atom. The highest BCUT2D eigenvalue weighted by Gasteiger charge is 2.11. The third kappa shape index (κ3) is 6.01. The van der Waals surface area contributed by atoms with Gasteiger partial charge in [0.1, 0.15) is 0 Å². The molecule has 1 aromatic carbocycles. The minimum absolute atomic E-state index is 0.0114. The van der Waals surface area contributed by atoms with E-state index in [-0.39, 0.29) is 11.9 Å². The summed E-state index contributed by atoms with van der Waals surface area (Å²) in [6.07, 6.45) is 1.63. The first kappa shape index (κ1) is 15.9. The summed E-state index contributed by atoms with van der Waals surface area (Å²) in [5.41, 5.74) is 0. The Labute approximate surface area is 114 Å². The summed E-state index contributed by atoms with van der Waals surface area (Å²) in [4.78, 5) is 0. The molecule has 1 unspecified atom stereocenters. The average molecular weight is 271 g/mol. The molecular formula is C15H23F2NO. The number of hydrogen-bond acceptors (Lipinski definition) is 2. The predicted octanol–water partition coefficient (Wildman–Crippen LogP) is 3.76. The van der Waals surface area contributed by atoms with Gasteiger partial charge < -0.3 is 10.1 Å². The monoisotopic (exact) mass is 271 g/mol. The summed E-state index contributed by atoms with van der Waals surface area (Å²) in [6, 6.07) is 3.99. The largest absolute Gasteiger partial charge is 0.488 e. The lowest BCUT2D eigenvalue weighted by molar-refractivity contribution is 0.196. The molecule has 0 spiro atoms. The second-order valence-corrected chi connectivity index (χ2v) is 5.22. The van der Waals surface area contributed by atoms with Crippen LogP contribution in [0.4, 0.5) is 8.78 Å². The van der Waals surface area contributed by atoms with Crippen LogP contribution in [0.3, 0.4) is 0 Å². The molecule has 1 aromatic rings. The molecule has 0 saturated carbocycles. The van der Waals surface area contributed by atoms with Crippen molar-refractivity contribution in [1.82, 2.24) is 5.32 Å². The Hall–Kier alpha value is -1.16. The zero-order valence-electron chi connectivity index (χ0n) is 11.9. The molecule has 0 aliphatic heterocycles. The van der Waals surface area contributed by atoms with Gasteiger partial charge in [0.05, 0.1) is 6.10 Å². The SMILES string of the molecule is CC(C)CNCCCC(C)Oc1cccc(F)c1F. The fourth-order valence-electron chi connectivity index (χ4n) is 1.76. The van der Waals surface area contributed by atoms with Crippen molar-refractivity contribution in [3.05, 3.63) is 29.8 Å². The van der Waals surface area contributed by atoms with Gasteiger partial charge in [-0.25, -0.2) is 4.39 Å². The number of benzene rings is 1. The zero-order valence-corrected chi connectivity index (χ0v) is 11.9. The van der Waals surface area contributed by atoms with Gasteiger partial charge in [-0.05, 0) is 50.9 Å². The van der Waals surface area contributed by atoms with Crippen LogP contribution in [0.2, 0.25) is 0 Å². The molecule has 1 rings (SSSR count). The van der Waals surface area contributed by atoms with Crippen molar-refractivity contribution in [3.8, 4) is 5.75 Å². The van der Waals surface area contributed by atoms with E-state index in [9.17, 15) is 8.78 Å². The van der Waals surface area contributed by atoms with E-state index in [1.54, 1.807) is 0 Å². The second kappa shape index (κ2) is 8.10. The van der Waals surface area contributed by atoms with E-state index in [0.29, 0.717) is 5.92 Å². The van der Waals surface area contributed by atoms with E-state index in [1.165, 1.54) is 12.1 Å². The topological polar surface area (TPSA) is 21.3 Å². The van der Waals surface area contributed by atoms with Crippen LogP contribution in [0, 0.1) is 17.6 Å². The van der Waals surface area contributed by atoms with Crippen LogP contribution >= 0.6 is 0 Å². The fraction of sp³-hybridized carbons (Fsp3) is 0.600. The summed E-state index contributed by atoms with van der Waals surface area (Å²) in [5, 5.41) is 3.33. The predicted molar refractivity (Wildman–Crippen MR) is 73.4 cm³/mol. The molecule has 0 aliphatic carbocycles. The van der Waals surface area contributed by atoms with Gasteiger partial charge in [-0.3, -0.25) is 0 Å². The van der Waals surface area contributed by atoms with E-state index in [4.69, 9.17) is 4.74 Å². The lowest BCUT2D eigenvalue weighted by Crippen LogP contribution is -2.22. The van der Waals surface area contributed by atoms with Crippen molar-refractivity contribution in [2.75, 3.05) is 13.1 Å². The van der Waals surface area contributed by atoms with Crippen molar-refractivity contribution >= 4 is 0 Å². The number of hydrogen-bond donors (Lipinski definition) is 1. The summed E-state index contributed by atoms with van der Waals surface area (Å²) in [6.45, 7) is 8.09. The lowest BCUT2D eigenvalue weighted by atomic mass is 10.2. The lowest BCUT2D eigenvalue weighted by Gasteiger charge is -2.15. The Bertz CT molecular complexity index is 382. The first-order valence-corrected chi connectivity index (χ1v) is 6.82. The van der Waals surface area contributed by atoms with Crippen molar-refractivity contribution in [3.63, 3.8) is 0 Å². The van der Waals surface area contributed by atoms with Crippen molar-refractivity contribution in [2.24, 2.45) is 5.92 Å². The first-order chi connectivity index (χ1) is 9.00. The summed E-state index contributed by atoms with van der Waals surface area (Å²) in [5.74, 6) is -1.16. The smallest absolute Gasteiger partial charge is 0.200 e. The second-order valence-electron chi connectivity index (χ2n) is 5.22. The van der Waals surface area contributed by atoms with Gasteiger partial charge in [0, 0.05) is 0 Å².